The van der Waals surface area contributed by atoms with Crippen LogP contribution in [0.5, 0.6) is 0 Å². The number of ether oxygens (including phenoxy) is 1. The molecule has 12 heavy (non-hydrogen) atoms. The average molecular weight is 167 g/mol. The largest absolute Gasteiger partial charge is 0.462 e. The van der Waals surface area contributed by atoms with E-state index in [1.807, 2.05) is 6.92 Å². The van der Waals surface area contributed by atoms with Gasteiger partial charge in [0.2, 0.25) is 0 Å². The van der Waals surface area contributed by atoms with E-state index in [1.165, 1.54) is 6.08 Å². The van der Waals surface area contributed by atoms with Crippen LogP contribution in [0.3, 0.4) is 0 Å². The van der Waals surface area contributed by atoms with Crippen molar-refractivity contribution in [3.05, 3.63) is 11.6 Å². The van der Waals surface area contributed by atoms with Crippen LogP contribution >= 0.6 is 0 Å². The number of unbranched alkanes of at least 4 members (excludes halogenated alkanes) is 1. The molecule has 3 heteroatoms. The predicted octanol–water partition coefficient (Wildman–Crippen LogP) is 1.80. The molecule has 0 atom stereocenters. The summed E-state index contributed by atoms with van der Waals surface area (Å²) in [4.78, 5) is 11.0. The van der Waals surface area contributed by atoms with E-state index in [1.54, 1.807) is 13.0 Å². The Labute approximate surface area is 72.6 Å². The van der Waals surface area contributed by atoms with Gasteiger partial charge in [-0.25, -0.2) is 4.79 Å². The number of carbonyl (C=O) groups excluding carboxylic acids is 1. The van der Waals surface area contributed by atoms with Crippen molar-refractivity contribution < 1.29 is 9.53 Å². The van der Waals surface area contributed by atoms with E-state index in [-0.39, 0.29) is 5.57 Å². The monoisotopic (exact) mass is 167 g/mol. The second kappa shape index (κ2) is 6.41. The van der Waals surface area contributed by atoms with Gasteiger partial charge in [-0.2, -0.15) is 5.26 Å². The fourth-order valence-electron chi connectivity index (χ4n) is 0.615. The zero-order chi connectivity index (χ0) is 9.40. The second-order valence-electron chi connectivity index (χ2n) is 2.30. The topological polar surface area (TPSA) is 50.1 Å². The smallest absolute Gasteiger partial charge is 0.348 e. The number of nitrogens with zero attached hydrogens (tertiary/aromatic N) is 1. The number of rotatable bonds is 4. The number of hydrogen-bond acceptors (Lipinski definition) is 3. The standard InChI is InChI=1S/C9H13NO2/c1-3-5-6-12-9(11)8(4-2)7-10/h4H,3,5-6H2,1-2H3/b8-4+. The molecule has 0 unspecified atom stereocenters. The van der Waals surface area contributed by atoms with Gasteiger partial charge in [0.05, 0.1) is 6.61 Å². The summed E-state index contributed by atoms with van der Waals surface area (Å²) in [5, 5.41) is 8.43. The molecule has 0 fully saturated rings. The maximum Gasteiger partial charge on any atom is 0.348 e. The number of carbonyl (C=O) groups is 1. The van der Waals surface area contributed by atoms with Crippen molar-refractivity contribution in [1.29, 1.82) is 5.26 Å². The van der Waals surface area contributed by atoms with Gasteiger partial charge in [0, 0.05) is 0 Å². The highest BCUT2D eigenvalue weighted by atomic mass is 16.5. The Morgan fingerprint density at radius 3 is 2.75 bits per heavy atom. The van der Waals surface area contributed by atoms with Crippen LogP contribution in [-0.4, -0.2) is 12.6 Å². The summed E-state index contributed by atoms with van der Waals surface area (Å²) in [6.45, 7) is 4.04. The van der Waals surface area contributed by atoms with Crippen molar-refractivity contribution in [3.8, 4) is 6.07 Å². The van der Waals surface area contributed by atoms with Crippen molar-refractivity contribution in [1.82, 2.24) is 0 Å². The van der Waals surface area contributed by atoms with Gasteiger partial charge >= 0.3 is 5.97 Å². The van der Waals surface area contributed by atoms with Crippen molar-refractivity contribution in [2.24, 2.45) is 0 Å². The Bertz CT molecular complexity index is 213. The molecule has 0 rings (SSSR count). The van der Waals surface area contributed by atoms with Gasteiger partial charge < -0.3 is 4.74 Å². The normalized spacial score (nSPS) is 10.6. The van der Waals surface area contributed by atoms with Crippen LogP contribution in [0.2, 0.25) is 0 Å². The highest BCUT2D eigenvalue weighted by Crippen LogP contribution is 1.97. The van der Waals surface area contributed by atoms with E-state index in [2.05, 4.69) is 0 Å². The van der Waals surface area contributed by atoms with Crippen molar-refractivity contribution in [3.63, 3.8) is 0 Å². The molecule has 0 amide bonds. The number of hydrogen-bond donors (Lipinski definition) is 0. The third-order valence-corrected chi connectivity index (χ3v) is 1.36. The molecule has 0 radical (unpaired) electrons. The molecular weight excluding hydrogens is 154 g/mol. The van der Waals surface area contributed by atoms with E-state index >= 15 is 0 Å². The highest BCUT2D eigenvalue weighted by molar-refractivity contribution is 5.92. The first-order valence-corrected chi connectivity index (χ1v) is 3.99. The molecule has 0 spiro atoms. The molecule has 0 aromatic heterocycles. The summed E-state index contributed by atoms with van der Waals surface area (Å²) in [6, 6.07) is 1.76. The molecule has 0 N–H and O–H groups in total. The lowest BCUT2D eigenvalue weighted by atomic mass is 10.3. The lowest BCUT2D eigenvalue weighted by molar-refractivity contribution is -0.138. The Morgan fingerprint density at radius 2 is 2.33 bits per heavy atom. The fourth-order valence-corrected chi connectivity index (χ4v) is 0.615. The van der Waals surface area contributed by atoms with E-state index in [0.29, 0.717) is 6.61 Å². The van der Waals surface area contributed by atoms with E-state index in [9.17, 15) is 4.79 Å². The first-order chi connectivity index (χ1) is 5.76. The first-order valence-electron chi connectivity index (χ1n) is 3.99. The van der Waals surface area contributed by atoms with E-state index in [0.717, 1.165) is 12.8 Å². The first kappa shape index (κ1) is 10.7. The SMILES string of the molecule is C/C=C(\C#N)C(=O)OCCCC. The van der Waals surface area contributed by atoms with E-state index in [4.69, 9.17) is 10.00 Å². The average Bonchev–Trinajstić information content (AvgIpc) is 2.07. The van der Waals surface area contributed by atoms with Gasteiger partial charge in [-0.15, -0.1) is 0 Å². The Morgan fingerprint density at radius 1 is 1.67 bits per heavy atom. The summed E-state index contributed by atoms with van der Waals surface area (Å²) >= 11 is 0. The lowest BCUT2D eigenvalue weighted by Gasteiger charge is -2.00. The van der Waals surface area contributed by atoms with Crippen molar-refractivity contribution in [2.75, 3.05) is 6.61 Å². The minimum Gasteiger partial charge on any atom is -0.462 e. The Balaban J connectivity index is 3.81. The van der Waals surface area contributed by atoms with Crippen LogP contribution in [0.15, 0.2) is 11.6 Å². The lowest BCUT2D eigenvalue weighted by Crippen LogP contribution is -2.07. The number of nitriles is 1. The molecule has 0 aliphatic heterocycles. The molecule has 0 aromatic carbocycles. The Kier molecular flexibility index (Phi) is 5.72. The summed E-state index contributed by atoms with van der Waals surface area (Å²) in [5.74, 6) is -0.520. The molecular formula is C9H13NO2. The minimum atomic E-state index is -0.520. The molecule has 66 valence electrons. The summed E-state index contributed by atoms with van der Waals surface area (Å²) < 4.78 is 4.80. The fraction of sp³-hybridized carbons (Fsp3) is 0.556. The molecule has 0 saturated carbocycles. The van der Waals surface area contributed by atoms with Gasteiger partial charge in [-0.1, -0.05) is 19.4 Å². The highest BCUT2D eigenvalue weighted by Gasteiger charge is 2.07. The maximum atomic E-state index is 11.0. The number of allylic oxidation sites excluding steroid dienone is 1. The Hall–Kier alpha value is -1.30. The summed E-state index contributed by atoms with van der Waals surface area (Å²) in [5.41, 5.74) is 0.0751. The second-order valence-corrected chi connectivity index (χ2v) is 2.30. The van der Waals surface area contributed by atoms with Gasteiger partial charge in [0.1, 0.15) is 11.6 Å². The molecule has 0 aromatic rings. The third-order valence-electron chi connectivity index (χ3n) is 1.36. The molecule has 0 bridgehead atoms. The van der Waals surface area contributed by atoms with Crippen LogP contribution < -0.4 is 0 Å². The summed E-state index contributed by atoms with van der Waals surface area (Å²) in [6.07, 6.45) is 3.27. The van der Waals surface area contributed by atoms with Crippen LogP contribution in [0.1, 0.15) is 26.7 Å². The van der Waals surface area contributed by atoms with Crippen LogP contribution in [0.25, 0.3) is 0 Å². The van der Waals surface area contributed by atoms with Crippen molar-refractivity contribution in [2.45, 2.75) is 26.7 Å². The van der Waals surface area contributed by atoms with Gasteiger partial charge in [0.15, 0.2) is 0 Å². The molecule has 0 aliphatic carbocycles. The zero-order valence-electron chi connectivity index (χ0n) is 7.46. The predicted molar refractivity (Wildman–Crippen MR) is 45.2 cm³/mol. The summed E-state index contributed by atoms with van der Waals surface area (Å²) in [7, 11) is 0. The third kappa shape index (κ3) is 3.77. The van der Waals surface area contributed by atoms with Crippen LogP contribution in [0.4, 0.5) is 0 Å². The van der Waals surface area contributed by atoms with Gasteiger partial charge in [-0.05, 0) is 13.3 Å². The molecule has 0 heterocycles. The quantitative estimate of drug-likeness (QED) is 0.277. The molecule has 0 aliphatic rings. The van der Waals surface area contributed by atoms with Gasteiger partial charge in [0.25, 0.3) is 0 Å². The zero-order valence-corrected chi connectivity index (χ0v) is 7.46. The van der Waals surface area contributed by atoms with Crippen LogP contribution in [-0.2, 0) is 9.53 Å². The van der Waals surface area contributed by atoms with E-state index < -0.39 is 5.97 Å². The van der Waals surface area contributed by atoms with Crippen LogP contribution in [0, 0.1) is 11.3 Å². The van der Waals surface area contributed by atoms with Gasteiger partial charge in [-0.3, -0.25) is 0 Å². The minimum absolute atomic E-state index is 0.0751. The maximum absolute atomic E-state index is 11.0. The number of esters is 1. The molecule has 0 saturated heterocycles. The van der Waals surface area contributed by atoms with Crippen molar-refractivity contribution >= 4 is 5.97 Å². The molecule has 3 nitrogen and oxygen atoms in total.